The van der Waals surface area contributed by atoms with Crippen LogP contribution < -0.4 is 5.73 Å². The average Bonchev–Trinajstić information content (AvgIpc) is 2.31. The van der Waals surface area contributed by atoms with Crippen molar-refractivity contribution < 1.29 is 0 Å². The Bertz CT molecular complexity index is 161. The Hall–Kier alpha value is 0.310. The van der Waals surface area contributed by atoms with Crippen LogP contribution >= 0.6 is 11.8 Å². The highest BCUT2D eigenvalue weighted by molar-refractivity contribution is 8.00. The third-order valence-corrected chi connectivity index (χ3v) is 5.17. The van der Waals surface area contributed by atoms with Crippen molar-refractivity contribution in [2.75, 3.05) is 5.75 Å². The molecule has 1 unspecified atom stereocenters. The topological polar surface area (TPSA) is 26.0 Å². The fraction of sp³-hybridized carbons (Fsp3) is 1.00. The van der Waals surface area contributed by atoms with Gasteiger partial charge in [-0.05, 0) is 31.4 Å². The molecule has 1 spiro atoms. The Balaban J connectivity index is 1.99. The third kappa shape index (κ3) is 2.41. The van der Waals surface area contributed by atoms with Crippen LogP contribution in [0.4, 0.5) is 0 Å². The van der Waals surface area contributed by atoms with Crippen LogP contribution in [0.15, 0.2) is 0 Å². The van der Waals surface area contributed by atoms with Gasteiger partial charge in [0.2, 0.25) is 0 Å². The molecule has 1 heterocycles. The second-order valence-electron chi connectivity index (χ2n) is 4.70. The van der Waals surface area contributed by atoms with Crippen LogP contribution in [-0.2, 0) is 0 Å². The van der Waals surface area contributed by atoms with E-state index in [2.05, 4.69) is 11.8 Å². The van der Waals surface area contributed by atoms with Gasteiger partial charge in [0.25, 0.3) is 0 Å². The van der Waals surface area contributed by atoms with Crippen LogP contribution in [0, 0.1) is 0 Å². The highest BCUT2D eigenvalue weighted by Crippen LogP contribution is 2.45. The molecule has 76 valence electrons. The van der Waals surface area contributed by atoms with Crippen molar-refractivity contribution in [1.82, 2.24) is 0 Å². The Morgan fingerprint density at radius 2 is 1.77 bits per heavy atom. The summed E-state index contributed by atoms with van der Waals surface area (Å²) in [4.78, 5) is 0. The summed E-state index contributed by atoms with van der Waals surface area (Å²) in [5.74, 6) is 1.31. The molecule has 13 heavy (non-hydrogen) atoms. The third-order valence-electron chi connectivity index (χ3n) is 3.55. The highest BCUT2D eigenvalue weighted by atomic mass is 32.2. The van der Waals surface area contributed by atoms with Gasteiger partial charge in [0.05, 0.1) is 0 Å². The molecule has 2 N–H and O–H groups in total. The van der Waals surface area contributed by atoms with E-state index in [-0.39, 0.29) is 0 Å². The molecule has 0 amide bonds. The van der Waals surface area contributed by atoms with E-state index >= 15 is 0 Å². The summed E-state index contributed by atoms with van der Waals surface area (Å²) in [6, 6.07) is 0.499. The number of hydrogen-bond acceptors (Lipinski definition) is 2. The molecule has 0 aromatic carbocycles. The summed E-state index contributed by atoms with van der Waals surface area (Å²) in [6.07, 6.45) is 11.2. The normalized spacial score (nSPS) is 34.4. The molecule has 1 saturated carbocycles. The molecule has 1 aliphatic carbocycles. The number of hydrogen-bond donors (Lipinski definition) is 1. The van der Waals surface area contributed by atoms with Crippen LogP contribution in [-0.4, -0.2) is 16.5 Å². The molecule has 2 aliphatic rings. The molecule has 0 bridgehead atoms. The van der Waals surface area contributed by atoms with Crippen LogP contribution in [0.1, 0.15) is 51.4 Å². The molecule has 2 fully saturated rings. The van der Waals surface area contributed by atoms with Gasteiger partial charge in [-0.15, -0.1) is 0 Å². The maximum atomic E-state index is 6.08. The standard InChI is InChI=1S/C11H21NS/c12-10-5-8-13-11(9-10)6-3-1-2-4-7-11/h10H,1-9,12H2. The lowest BCUT2D eigenvalue weighted by Crippen LogP contribution is -2.39. The Morgan fingerprint density at radius 3 is 2.38 bits per heavy atom. The molecular formula is C11H21NS. The number of thioether (sulfide) groups is 1. The minimum Gasteiger partial charge on any atom is -0.328 e. The van der Waals surface area contributed by atoms with Gasteiger partial charge in [-0.25, -0.2) is 0 Å². The zero-order valence-corrected chi connectivity index (χ0v) is 9.24. The number of rotatable bonds is 0. The first-order valence-corrected chi connectivity index (χ1v) is 6.69. The monoisotopic (exact) mass is 199 g/mol. The fourth-order valence-electron chi connectivity index (χ4n) is 2.79. The first kappa shape index (κ1) is 9.85. The van der Waals surface area contributed by atoms with Gasteiger partial charge in [0.1, 0.15) is 0 Å². The first-order chi connectivity index (χ1) is 6.31. The van der Waals surface area contributed by atoms with E-state index in [0.717, 1.165) is 0 Å². The van der Waals surface area contributed by atoms with E-state index in [0.29, 0.717) is 10.8 Å². The van der Waals surface area contributed by atoms with E-state index in [4.69, 9.17) is 5.73 Å². The summed E-state index contributed by atoms with van der Waals surface area (Å²) in [7, 11) is 0. The lowest BCUT2D eigenvalue weighted by molar-refractivity contribution is 0.411. The molecule has 1 saturated heterocycles. The van der Waals surface area contributed by atoms with E-state index in [9.17, 15) is 0 Å². The summed E-state index contributed by atoms with van der Waals surface area (Å²) >= 11 is 2.22. The van der Waals surface area contributed by atoms with Gasteiger partial charge in [0, 0.05) is 10.8 Å². The maximum Gasteiger partial charge on any atom is 0.0174 e. The largest absolute Gasteiger partial charge is 0.328 e. The zero-order chi connectivity index (χ0) is 9.15. The molecule has 1 nitrogen and oxygen atoms in total. The zero-order valence-electron chi connectivity index (χ0n) is 8.43. The molecule has 1 atom stereocenters. The summed E-state index contributed by atoms with van der Waals surface area (Å²) in [5, 5.41) is 0. The van der Waals surface area contributed by atoms with Crippen molar-refractivity contribution >= 4 is 11.8 Å². The molecule has 2 heteroatoms. The summed E-state index contributed by atoms with van der Waals surface area (Å²) < 4.78 is 0.605. The van der Waals surface area contributed by atoms with Crippen molar-refractivity contribution in [3.8, 4) is 0 Å². The minimum atomic E-state index is 0.499. The molecule has 2 rings (SSSR count). The summed E-state index contributed by atoms with van der Waals surface area (Å²) in [6.45, 7) is 0. The van der Waals surface area contributed by atoms with Crippen molar-refractivity contribution in [2.45, 2.75) is 62.2 Å². The lowest BCUT2D eigenvalue weighted by Gasteiger charge is -2.38. The van der Waals surface area contributed by atoms with Gasteiger partial charge in [-0.1, -0.05) is 25.7 Å². The smallest absolute Gasteiger partial charge is 0.0174 e. The Labute approximate surface area is 85.8 Å². The van der Waals surface area contributed by atoms with Crippen molar-refractivity contribution in [2.24, 2.45) is 5.73 Å². The SMILES string of the molecule is NC1CCSC2(CCCCCC2)C1. The van der Waals surface area contributed by atoms with Crippen molar-refractivity contribution in [1.29, 1.82) is 0 Å². The van der Waals surface area contributed by atoms with E-state index < -0.39 is 0 Å². The molecule has 0 aromatic heterocycles. The fourth-order valence-corrected chi connectivity index (χ4v) is 4.55. The molecule has 0 aromatic rings. The van der Waals surface area contributed by atoms with Crippen LogP contribution in [0.2, 0.25) is 0 Å². The van der Waals surface area contributed by atoms with Crippen molar-refractivity contribution in [3.05, 3.63) is 0 Å². The molecule has 0 radical (unpaired) electrons. The molecule has 1 aliphatic heterocycles. The average molecular weight is 199 g/mol. The van der Waals surface area contributed by atoms with E-state index in [1.807, 2.05) is 0 Å². The van der Waals surface area contributed by atoms with Crippen LogP contribution in [0.25, 0.3) is 0 Å². The predicted molar refractivity (Wildman–Crippen MR) is 60.1 cm³/mol. The van der Waals surface area contributed by atoms with Crippen molar-refractivity contribution in [3.63, 3.8) is 0 Å². The van der Waals surface area contributed by atoms with Gasteiger partial charge >= 0.3 is 0 Å². The minimum absolute atomic E-state index is 0.499. The second-order valence-corrected chi connectivity index (χ2v) is 6.26. The van der Waals surface area contributed by atoms with Gasteiger partial charge in [-0.2, -0.15) is 11.8 Å². The van der Waals surface area contributed by atoms with Crippen LogP contribution in [0.5, 0.6) is 0 Å². The predicted octanol–water partition coefficient (Wildman–Crippen LogP) is 2.93. The van der Waals surface area contributed by atoms with Gasteiger partial charge in [0.15, 0.2) is 0 Å². The first-order valence-electron chi connectivity index (χ1n) is 5.70. The quantitative estimate of drug-likeness (QED) is 0.649. The summed E-state index contributed by atoms with van der Waals surface area (Å²) in [5.41, 5.74) is 6.08. The second kappa shape index (κ2) is 4.22. The van der Waals surface area contributed by atoms with E-state index in [1.165, 1.54) is 57.1 Å². The Kier molecular flexibility index (Phi) is 3.20. The number of nitrogens with two attached hydrogens (primary N) is 1. The Morgan fingerprint density at radius 1 is 1.08 bits per heavy atom. The maximum absolute atomic E-state index is 6.08. The van der Waals surface area contributed by atoms with Gasteiger partial charge < -0.3 is 5.73 Å². The lowest BCUT2D eigenvalue weighted by atomic mass is 9.90. The molecular weight excluding hydrogens is 178 g/mol. The highest BCUT2D eigenvalue weighted by Gasteiger charge is 2.35. The van der Waals surface area contributed by atoms with E-state index in [1.54, 1.807) is 0 Å². The van der Waals surface area contributed by atoms with Gasteiger partial charge in [-0.3, -0.25) is 0 Å². The van der Waals surface area contributed by atoms with Crippen LogP contribution in [0.3, 0.4) is 0 Å².